The van der Waals surface area contributed by atoms with Gasteiger partial charge in [0.2, 0.25) is 10.0 Å². The lowest BCUT2D eigenvalue weighted by Gasteiger charge is -2.34. The van der Waals surface area contributed by atoms with Gasteiger partial charge in [0.25, 0.3) is 5.91 Å². The number of amides is 1. The molecule has 10 nitrogen and oxygen atoms in total. The van der Waals surface area contributed by atoms with Gasteiger partial charge in [-0.1, -0.05) is 0 Å². The molecule has 1 amide bonds. The number of carbonyl (C=O) groups excluding carboxylic acids is 1. The fourth-order valence-corrected chi connectivity index (χ4v) is 5.04. The SMILES string of the molecule is O=C(c1ccc2nncn2c1)N1CCN(S(=O)(=O)c2ccc3c(c2)OCCO3)CC1. The van der Waals surface area contributed by atoms with Crippen molar-refractivity contribution in [2.45, 2.75) is 4.90 Å². The van der Waals surface area contributed by atoms with Crippen molar-refractivity contribution in [2.24, 2.45) is 0 Å². The van der Waals surface area contributed by atoms with Crippen molar-refractivity contribution in [3.05, 3.63) is 48.4 Å². The van der Waals surface area contributed by atoms with E-state index in [0.717, 1.165) is 0 Å². The molecule has 5 rings (SSSR count). The van der Waals surface area contributed by atoms with E-state index in [2.05, 4.69) is 10.2 Å². The molecule has 3 aromatic rings. The third-order valence-electron chi connectivity index (χ3n) is 5.22. The molecule has 1 aromatic carbocycles. The Kier molecular flexibility index (Phi) is 4.55. The van der Waals surface area contributed by atoms with Gasteiger partial charge < -0.3 is 14.4 Å². The van der Waals surface area contributed by atoms with E-state index in [-0.39, 0.29) is 23.9 Å². The van der Waals surface area contributed by atoms with Gasteiger partial charge in [0.15, 0.2) is 17.1 Å². The lowest BCUT2D eigenvalue weighted by Crippen LogP contribution is -2.50. The van der Waals surface area contributed by atoms with Gasteiger partial charge in [-0.3, -0.25) is 9.20 Å². The molecule has 4 heterocycles. The van der Waals surface area contributed by atoms with Crippen molar-refractivity contribution in [3.8, 4) is 11.5 Å². The van der Waals surface area contributed by atoms with Gasteiger partial charge in [0, 0.05) is 38.4 Å². The van der Waals surface area contributed by atoms with Gasteiger partial charge in [-0.05, 0) is 24.3 Å². The fraction of sp³-hybridized carbons (Fsp3) is 0.316. The number of pyridine rings is 1. The van der Waals surface area contributed by atoms with E-state index in [4.69, 9.17) is 9.47 Å². The van der Waals surface area contributed by atoms with E-state index < -0.39 is 10.0 Å². The van der Waals surface area contributed by atoms with E-state index >= 15 is 0 Å². The zero-order valence-electron chi connectivity index (χ0n) is 16.0. The molecule has 1 saturated heterocycles. The Morgan fingerprint density at radius 2 is 1.73 bits per heavy atom. The molecule has 0 saturated carbocycles. The van der Waals surface area contributed by atoms with Crippen molar-refractivity contribution in [3.63, 3.8) is 0 Å². The van der Waals surface area contributed by atoms with E-state index in [1.807, 2.05) is 0 Å². The number of piperazine rings is 1. The van der Waals surface area contributed by atoms with E-state index in [1.165, 1.54) is 22.8 Å². The van der Waals surface area contributed by atoms with Crippen LogP contribution in [0.25, 0.3) is 5.65 Å². The molecule has 2 aliphatic rings. The molecular formula is C19H19N5O5S. The summed E-state index contributed by atoms with van der Waals surface area (Å²) in [7, 11) is -3.69. The van der Waals surface area contributed by atoms with Crippen LogP contribution in [-0.2, 0) is 10.0 Å². The molecule has 2 aliphatic heterocycles. The number of rotatable bonds is 3. The maximum absolute atomic E-state index is 13.0. The summed E-state index contributed by atoms with van der Waals surface area (Å²) in [4.78, 5) is 14.6. The number of hydrogen-bond donors (Lipinski definition) is 0. The third kappa shape index (κ3) is 3.25. The number of hydrogen-bond acceptors (Lipinski definition) is 7. The van der Waals surface area contributed by atoms with Gasteiger partial charge >= 0.3 is 0 Å². The molecule has 0 spiro atoms. The summed E-state index contributed by atoms with van der Waals surface area (Å²) in [5.74, 6) is 0.822. The molecular weight excluding hydrogens is 410 g/mol. The summed E-state index contributed by atoms with van der Waals surface area (Å²) in [6.07, 6.45) is 3.21. The summed E-state index contributed by atoms with van der Waals surface area (Å²) in [6, 6.07) is 8.06. The highest BCUT2D eigenvalue weighted by atomic mass is 32.2. The first-order valence-electron chi connectivity index (χ1n) is 9.51. The Bertz CT molecular complexity index is 1220. The lowest BCUT2D eigenvalue weighted by atomic mass is 10.2. The topological polar surface area (TPSA) is 106 Å². The van der Waals surface area contributed by atoms with Gasteiger partial charge in [0.05, 0.1) is 10.5 Å². The van der Waals surface area contributed by atoms with Gasteiger partial charge in [-0.2, -0.15) is 4.31 Å². The number of nitrogens with zero attached hydrogens (tertiary/aromatic N) is 5. The summed E-state index contributed by atoms with van der Waals surface area (Å²) in [5.41, 5.74) is 1.16. The lowest BCUT2D eigenvalue weighted by molar-refractivity contribution is 0.0697. The molecule has 0 N–H and O–H groups in total. The minimum atomic E-state index is -3.69. The molecule has 11 heteroatoms. The molecule has 2 aromatic heterocycles. The first-order chi connectivity index (χ1) is 14.5. The second-order valence-electron chi connectivity index (χ2n) is 7.02. The second kappa shape index (κ2) is 7.26. The monoisotopic (exact) mass is 429 g/mol. The maximum atomic E-state index is 13.0. The smallest absolute Gasteiger partial charge is 0.255 e. The van der Waals surface area contributed by atoms with Crippen molar-refractivity contribution < 1.29 is 22.7 Å². The highest BCUT2D eigenvalue weighted by Crippen LogP contribution is 2.33. The van der Waals surface area contributed by atoms with Crippen LogP contribution in [0.5, 0.6) is 11.5 Å². The predicted octanol–water partition coefficient (Wildman–Crippen LogP) is 0.647. The Morgan fingerprint density at radius 1 is 0.967 bits per heavy atom. The first kappa shape index (κ1) is 18.8. The Morgan fingerprint density at radius 3 is 2.53 bits per heavy atom. The summed E-state index contributed by atoms with van der Waals surface area (Å²) >= 11 is 0. The molecule has 156 valence electrons. The maximum Gasteiger partial charge on any atom is 0.255 e. The molecule has 30 heavy (non-hydrogen) atoms. The third-order valence-corrected chi connectivity index (χ3v) is 7.11. The fourth-order valence-electron chi connectivity index (χ4n) is 3.60. The van der Waals surface area contributed by atoms with Crippen LogP contribution in [0.3, 0.4) is 0 Å². The van der Waals surface area contributed by atoms with Crippen LogP contribution in [-0.4, -0.2) is 77.5 Å². The first-order valence-corrected chi connectivity index (χ1v) is 10.9. The normalized spacial score (nSPS) is 17.3. The highest BCUT2D eigenvalue weighted by Gasteiger charge is 2.31. The van der Waals surface area contributed by atoms with Crippen LogP contribution in [0, 0.1) is 0 Å². The predicted molar refractivity (Wildman–Crippen MR) is 105 cm³/mol. The Labute approximate surface area is 172 Å². The van der Waals surface area contributed by atoms with E-state index in [1.54, 1.807) is 33.7 Å². The second-order valence-corrected chi connectivity index (χ2v) is 8.95. The molecule has 0 bridgehead atoms. The van der Waals surface area contributed by atoms with E-state index in [9.17, 15) is 13.2 Å². The minimum absolute atomic E-state index is 0.151. The molecule has 0 radical (unpaired) electrons. The number of benzene rings is 1. The number of carbonyl (C=O) groups is 1. The van der Waals surface area contributed by atoms with Crippen LogP contribution in [0.2, 0.25) is 0 Å². The van der Waals surface area contributed by atoms with Crippen LogP contribution in [0.1, 0.15) is 10.4 Å². The number of ether oxygens (including phenoxy) is 2. The van der Waals surface area contributed by atoms with Crippen molar-refractivity contribution >= 4 is 21.6 Å². The van der Waals surface area contributed by atoms with Crippen molar-refractivity contribution in [1.29, 1.82) is 0 Å². The highest BCUT2D eigenvalue weighted by molar-refractivity contribution is 7.89. The van der Waals surface area contributed by atoms with E-state index in [0.29, 0.717) is 49.0 Å². The minimum Gasteiger partial charge on any atom is -0.486 e. The average molecular weight is 429 g/mol. The molecule has 0 unspecified atom stereocenters. The van der Waals surface area contributed by atoms with Crippen LogP contribution < -0.4 is 9.47 Å². The van der Waals surface area contributed by atoms with Gasteiger partial charge in [0.1, 0.15) is 19.5 Å². The van der Waals surface area contributed by atoms with Crippen LogP contribution >= 0.6 is 0 Å². The van der Waals surface area contributed by atoms with Crippen LogP contribution in [0.15, 0.2) is 47.8 Å². The standard InChI is InChI=1S/C19H19N5O5S/c25-19(14-1-4-18-21-20-13-23(18)12-14)22-5-7-24(8-6-22)30(26,27)15-2-3-16-17(11-15)29-10-9-28-16/h1-4,11-13H,5-10H2. The number of fused-ring (bicyclic) bond motifs is 2. The summed E-state index contributed by atoms with van der Waals surface area (Å²) in [5, 5.41) is 7.73. The molecule has 1 fully saturated rings. The zero-order chi connectivity index (χ0) is 20.7. The average Bonchev–Trinajstić information content (AvgIpc) is 3.26. The number of sulfonamides is 1. The Balaban J connectivity index is 1.29. The summed E-state index contributed by atoms with van der Waals surface area (Å²) < 4.78 is 40.1. The number of aromatic nitrogens is 3. The van der Waals surface area contributed by atoms with Crippen LogP contribution in [0.4, 0.5) is 0 Å². The van der Waals surface area contributed by atoms with Crippen molar-refractivity contribution in [1.82, 2.24) is 23.8 Å². The summed E-state index contributed by atoms with van der Waals surface area (Å²) in [6.45, 7) is 1.89. The quantitative estimate of drug-likeness (QED) is 0.602. The zero-order valence-corrected chi connectivity index (χ0v) is 16.8. The van der Waals surface area contributed by atoms with Gasteiger partial charge in [-0.25, -0.2) is 8.42 Å². The van der Waals surface area contributed by atoms with Crippen molar-refractivity contribution in [2.75, 3.05) is 39.4 Å². The molecule has 0 atom stereocenters. The largest absolute Gasteiger partial charge is 0.486 e. The van der Waals surface area contributed by atoms with Gasteiger partial charge in [-0.15, -0.1) is 10.2 Å². The Hall–Kier alpha value is -3.18. The molecule has 0 aliphatic carbocycles.